The molecule has 1 N–H and O–H groups in total. The molecule has 1 aliphatic heterocycles. The van der Waals surface area contributed by atoms with E-state index in [1.165, 1.54) is 16.0 Å². The van der Waals surface area contributed by atoms with Gasteiger partial charge in [0, 0.05) is 23.9 Å². The summed E-state index contributed by atoms with van der Waals surface area (Å²) in [5.74, 6) is 1.65. The third-order valence-electron chi connectivity index (χ3n) is 3.80. The van der Waals surface area contributed by atoms with Crippen molar-refractivity contribution in [3.8, 4) is 5.75 Å². The van der Waals surface area contributed by atoms with Gasteiger partial charge < -0.3 is 10.1 Å². The van der Waals surface area contributed by atoms with Crippen LogP contribution in [0, 0.1) is 5.92 Å². The van der Waals surface area contributed by atoms with Gasteiger partial charge in [0.05, 0.1) is 6.61 Å². The van der Waals surface area contributed by atoms with Gasteiger partial charge in [-0.15, -0.1) is 11.3 Å². The topological polar surface area (TPSA) is 21.3 Å². The molecule has 0 fully saturated rings. The number of hydrogen-bond donors (Lipinski definition) is 1. The maximum atomic E-state index is 5.56. The van der Waals surface area contributed by atoms with Crippen molar-refractivity contribution in [3.05, 3.63) is 51.7 Å². The SMILES string of the molecule is CC(C)C(NCc1ccc2c(c1)CCO2)c1cccs1. The highest BCUT2D eigenvalue weighted by Gasteiger charge is 2.17. The molecule has 0 radical (unpaired) electrons. The number of rotatable bonds is 5. The molecule has 0 spiro atoms. The lowest BCUT2D eigenvalue weighted by Crippen LogP contribution is -2.24. The van der Waals surface area contributed by atoms with Crippen molar-refractivity contribution in [2.24, 2.45) is 5.92 Å². The third kappa shape index (κ3) is 2.89. The number of benzene rings is 1. The van der Waals surface area contributed by atoms with Crippen LogP contribution in [0.25, 0.3) is 0 Å². The van der Waals surface area contributed by atoms with E-state index >= 15 is 0 Å². The summed E-state index contributed by atoms with van der Waals surface area (Å²) in [5, 5.41) is 5.85. The lowest BCUT2D eigenvalue weighted by atomic mass is 10.0. The van der Waals surface area contributed by atoms with Gasteiger partial charge in [0.25, 0.3) is 0 Å². The maximum absolute atomic E-state index is 5.56. The zero-order valence-electron chi connectivity index (χ0n) is 12.1. The Balaban J connectivity index is 1.68. The summed E-state index contributed by atoms with van der Waals surface area (Å²) in [6, 6.07) is 11.3. The minimum atomic E-state index is 0.430. The van der Waals surface area contributed by atoms with E-state index in [0.29, 0.717) is 12.0 Å². The zero-order chi connectivity index (χ0) is 13.9. The number of hydrogen-bond acceptors (Lipinski definition) is 3. The number of nitrogens with one attached hydrogen (secondary N) is 1. The van der Waals surface area contributed by atoms with Crippen molar-refractivity contribution in [3.63, 3.8) is 0 Å². The molecule has 0 saturated carbocycles. The molecule has 2 heterocycles. The highest BCUT2D eigenvalue weighted by atomic mass is 32.1. The molecule has 1 aromatic heterocycles. The Morgan fingerprint density at radius 3 is 2.95 bits per heavy atom. The highest BCUT2D eigenvalue weighted by molar-refractivity contribution is 7.10. The Kier molecular flexibility index (Phi) is 4.08. The summed E-state index contributed by atoms with van der Waals surface area (Å²) in [7, 11) is 0. The van der Waals surface area contributed by atoms with E-state index in [9.17, 15) is 0 Å². The standard InChI is InChI=1S/C17H21NOS/c1-12(2)17(16-4-3-9-20-16)18-11-13-5-6-15-14(10-13)7-8-19-15/h3-6,9-10,12,17-18H,7-8,11H2,1-2H3. The number of ether oxygens (including phenoxy) is 1. The van der Waals surface area contributed by atoms with E-state index in [2.05, 4.69) is 54.9 Å². The lowest BCUT2D eigenvalue weighted by molar-refractivity contribution is 0.356. The fraction of sp³-hybridized carbons (Fsp3) is 0.412. The molecule has 1 aliphatic rings. The quantitative estimate of drug-likeness (QED) is 0.891. The van der Waals surface area contributed by atoms with Gasteiger partial charge >= 0.3 is 0 Å². The lowest BCUT2D eigenvalue weighted by Gasteiger charge is -2.21. The van der Waals surface area contributed by atoms with Crippen LogP contribution in [0.5, 0.6) is 5.75 Å². The largest absolute Gasteiger partial charge is 0.493 e. The first-order valence-electron chi connectivity index (χ1n) is 7.25. The number of thiophene rings is 1. The summed E-state index contributed by atoms with van der Waals surface area (Å²) in [6.07, 6.45) is 1.04. The van der Waals surface area contributed by atoms with Crippen molar-refractivity contribution in [1.82, 2.24) is 5.32 Å². The van der Waals surface area contributed by atoms with E-state index in [1.54, 1.807) is 0 Å². The van der Waals surface area contributed by atoms with E-state index in [4.69, 9.17) is 4.74 Å². The first-order valence-corrected chi connectivity index (χ1v) is 8.13. The Morgan fingerprint density at radius 1 is 1.30 bits per heavy atom. The monoisotopic (exact) mass is 287 g/mol. The third-order valence-corrected chi connectivity index (χ3v) is 4.75. The molecular formula is C17H21NOS. The molecule has 2 aromatic rings. The molecular weight excluding hydrogens is 266 g/mol. The van der Waals surface area contributed by atoms with Crippen molar-refractivity contribution in [2.45, 2.75) is 32.9 Å². The highest BCUT2D eigenvalue weighted by Crippen LogP contribution is 2.28. The van der Waals surface area contributed by atoms with Crippen LogP contribution in [0.15, 0.2) is 35.7 Å². The van der Waals surface area contributed by atoms with Crippen LogP contribution in [0.3, 0.4) is 0 Å². The van der Waals surface area contributed by atoms with Gasteiger partial charge in [-0.2, -0.15) is 0 Å². The van der Waals surface area contributed by atoms with Crippen LogP contribution in [0.1, 0.15) is 35.9 Å². The molecule has 0 amide bonds. The average Bonchev–Trinajstić information content (AvgIpc) is 3.08. The predicted octanol–water partition coefficient (Wildman–Crippen LogP) is 4.17. The molecule has 1 unspecified atom stereocenters. The first-order chi connectivity index (χ1) is 9.74. The van der Waals surface area contributed by atoms with Crippen LogP contribution in [0.2, 0.25) is 0 Å². The minimum absolute atomic E-state index is 0.430. The van der Waals surface area contributed by atoms with Gasteiger partial charge in [0.2, 0.25) is 0 Å². The summed E-state index contributed by atoms with van der Waals surface area (Å²) in [6.45, 7) is 6.28. The molecule has 2 nitrogen and oxygen atoms in total. The summed E-state index contributed by atoms with van der Waals surface area (Å²) >= 11 is 1.83. The molecule has 106 valence electrons. The van der Waals surface area contributed by atoms with Gasteiger partial charge in [-0.3, -0.25) is 0 Å². The first kappa shape index (κ1) is 13.7. The van der Waals surface area contributed by atoms with Crippen molar-refractivity contribution in [1.29, 1.82) is 0 Å². The maximum Gasteiger partial charge on any atom is 0.122 e. The van der Waals surface area contributed by atoms with Gasteiger partial charge in [-0.25, -0.2) is 0 Å². The molecule has 0 bridgehead atoms. The fourth-order valence-electron chi connectivity index (χ4n) is 2.71. The number of fused-ring (bicyclic) bond motifs is 1. The Hall–Kier alpha value is -1.32. The van der Waals surface area contributed by atoms with E-state index in [1.807, 2.05) is 11.3 Å². The van der Waals surface area contributed by atoms with Crippen molar-refractivity contribution < 1.29 is 4.74 Å². The van der Waals surface area contributed by atoms with Crippen molar-refractivity contribution in [2.75, 3.05) is 6.61 Å². The van der Waals surface area contributed by atoms with Crippen LogP contribution in [0.4, 0.5) is 0 Å². The second-order valence-corrected chi connectivity index (χ2v) is 6.64. The van der Waals surface area contributed by atoms with Crippen LogP contribution in [-0.2, 0) is 13.0 Å². The molecule has 1 aromatic carbocycles. The fourth-order valence-corrected chi connectivity index (χ4v) is 3.68. The Labute approximate surface area is 124 Å². The molecule has 1 atom stereocenters. The average molecular weight is 287 g/mol. The van der Waals surface area contributed by atoms with Gasteiger partial charge in [-0.1, -0.05) is 32.0 Å². The minimum Gasteiger partial charge on any atom is -0.493 e. The molecule has 0 aliphatic carbocycles. The van der Waals surface area contributed by atoms with E-state index < -0.39 is 0 Å². The molecule has 0 saturated heterocycles. The van der Waals surface area contributed by atoms with Gasteiger partial charge in [-0.05, 0) is 34.6 Å². The Morgan fingerprint density at radius 2 is 2.20 bits per heavy atom. The second-order valence-electron chi connectivity index (χ2n) is 5.66. The van der Waals surface area contributed by atoms with E-state index in [0.717, 1.165) is 25.3 Å². The van der Waals surface area contributed by atoms with Crippen LogP contribution < -0.4 is 10.1 Å². The van der Waals surface area contributed by atoms with Crippen LogP contribution in [-0.4, -0.2) is 6.61 Å². The second kappa shape index (κ2) is 5.98. The summed E-state index contributed by atoms with van der Waals surface area (Å²) < 4.78 is 5.56. The van der Waals surface area contributed by atoms with E-state index in [-0.39, 0.29) is 0 Å². The normalized spacial score (nSPS) is 15.2. The Bertz CT molecular complexity index is 562. The molecule has 20 heavy (non-hydrogen) atoms. The summed E-state index contributed by atoms with van der Waals surface area (Å²) in [4.78, 5) is 1.42. The van der Waals surface area contributed by atoms with Crippen molar-refractivity contribution >= 4 is 11.3 Å². The molecule has 3 rings (SSSR count). The van der Waals surface area contributed by atoms with Crippen LogP contribution >= 0.6 is 11.3 Å². The smallest absolute Gasteiger partial charge is 0.122 e. The van der Waals surface area contributed by atoms with Gasteiger partial charge in [0.15, 0.2) is 0 Å². The zero-order valence-corrected chi connectivity index (χ0v) is 12.9. The molecule has 3 heteroatoms. The predicted molar refractivity (Wildman–Crippen MR) is 84.4 cm³/mol. The van der Waals surface area contributed by atoms with Gasteiger partial charge in [0.1, 0.15) is 5.75 Å². The summed E-state index contributed by atoms with van der Waals surface area (Å²) in [5.41, 5.74) is 2.69.